The highest BCUT2D eigenvalue weighted by molar-refractivity contribution is 7.17. The van der Waals surface area contributed by atoms with E-state index in [4.69, 9.17) is 4.98 Å². The van der Waals surface area contributed by atoms with Gasteiger partial charge in [0.05, 0.1) is 11.9 Å². The lowest BCUT2D eigenvalue weighted by Gasteiger charge is -2.13. The van der Waals surface area contributed by atoms with E-state index in [-0.39, 0.29) is 11.4 Å². The largest absolute Gasteiger partial charge is 0.292 e. The lowest BCUT2D eigenvalue weighted by atomic mass is 10.0. The summed E-state index contributed by atoms with van der Waals surface area (Å²) in [6, 6.07) is 20.9. The van der Waals surface area contributed by atoms with Crippen molar-refractivity contribution in [3.05, 3.63) is 99.7 Å². The third-order valence-corrected chi connectivity index (χ3v) is 6.41. The molecule has 2 heterocycles. The van der Waals surface area contributed by atoms with Crippen LogP contribution in [0.2, 0.25) is 0 Å². The standard InChI is InChI=1S/C26H21FN2OS/c1-2-6-23-28-25-24(26(30)29(23)15-17-7-5-10-21(27)13-17)22(16-31-25)20-12-11-18-8-3-4-9-19(18)14-20/h3-5,7-14,16H,2,6,15H2,1H3. The predicted molar refractivity (Wildman–Crippen MR) is 126 cm³/mol. The van der Waals surface area contributed by atoms with E-state index in [9.17, 15) is 9.18 Å². The summed E-state index contributed by atoms with van der Waals surface area (Å²) < 4.78 is 15.4. The molecule has 0 amide bonds. The van der Waals surface area contributed by atoms with Crippen molar-refractivity contribution in [2.24, 2.45) is 0 Å². The van der Waals surface area contributed by atoms with Crippen molar-refractivity contribution in [1.82, 2.24) is 9.55 Å². The Kier molecular flexibility index (Phi) is 5.12. The number of thiophene rings is 1. The number of benzene rings is 3. The lowest BCUT2D eigenvalue weighted by Crippen LogP contribution is -2.25. The molecule has 5 heteroatoms. The Balaban J connectivity index is 1.70. The summed E-state index contributed by atoms with van der Waals surface area (Å²) in [4.78, 5) is 19.3. The minimum Gasteiger partial charge on any atom is -0.292 e. The Hall–Kier alpha value is -3.31. The highest BCUT2D eigenvalue weighted by atomic mass is 32.1. The van der Waals surface area contributed by atoms with E-state index in [1.165, 1.54) is 23.5 Å². The average Bonchev–Trinajstić information content (AvgIpc) is 3.20. The first-order valence-electron chi connectivity index (χ1n) is 10.4. The molecule has 0 aliphatic rings. The van der Waals surface area contributed by atoms with Crippen LogP contribution < -0.4 is 5.56 Å². The zero-order valence-electron chi connectivity index (χ0n) is 17.1. The van der Waals surface area contributed by atoms with E-state index in [1.54, 1.807) is 10.6 Å². The molecular weight excluding hydrogens is 407 g/mol. The van der Waals surface area contributed by atoms with Crippen LogP contribution in [0.3, 0.4) is 0 Å². The number of aryl methyl sites for hydroxylation is 1. The van der Waals surface area contributed by atoms with Crippen LogP contribution >= 0.6 is 11.3 Å². The summed E-state index contributed by atoms with van der Waals surface area (Å²) >= 11 is 1.50. The van der Waals surface area contributed by atoms with Crippen molar-refractivity contribution in [1.29, 1.82) is 0 Å². The van der Waals surface area contributed by atoms with E-state index in [1.807, 2.05) is 23.6 Å². The third-order valence-electron chi connectivity index (χ3n) is 5.54. The van der Waals surface area contributed by atoms with Crippen LogP contribution in [-0.4, -0.2) is 9.55 Å². The Labute approximate surface area is 183 Å². The number of hydrogen-bond acceptors (Lipinski definition) is 3. The molecule has 0 atom stereocenters. The fourth-order valence-electron chi connectivity index (χ4n) is 4.03. The molecule has 31 heavy (non-hydrogen) atoms. The van der Waals surface area contributed by atoms with Gasteiger partial charge in [-0.3, -0.25) is 9.36 Å². The summed E-state index contributed by atoms with van der Waals surface area (Å²) in [6.07, 6.45) is 1.58. The van der Waals surface area contributed by atoms with Crippen LogP contribution in [0.25, 0.3) is 32.1 Å². The van der Waals surface area contributed by atoms with Crippen molar-refractivity contribution in [2.75, 3.05) is 0 Å². The van der Waals surface area contributed by atoms with Crippen LogP contribution in [0.4, 0.5) is 4.39 Å². The first-order valence-corrected chi connectivity index (χ1v) is 11.3. The fraction of sp³-hybridized carbons (Fsp3) is 0.154. The van der Waals surface area contributed by atoms with Crippen molar-refractivity contribution < 1.29 is 4.39 Å². The summed E-state index contributed by atoms with van der Waals surface area (Å²) in [7, 11) is 0. The minimum atomic E-state index is -0.302. The first-order chi connectivity index (χ1) is 15.1. The van der Waals surface area contributed by atoms with Gasteiger partial charge >= 0.3 is 0 Å². The maximum Gasteiger partial charge on any atom is 0.263 e. The molecule has 0 radical (unpaired) electrons. The number of rotatable bonds is 5. The Morgan fingerprint density at radius 2 is 1.84 bits per heavy atom. The van der Waals surface area contributed by atoms with Crippen molar-refractivity contribution in [2.45, 2.75) is 26.3 Å². The summed E-state index contributed by atoms with van der Waals surface area (Å²) in [5.41, 5.74) is 2.59. The molecule has 0 saturated carbocycles. The van der Waals surface area contributed by atoms with Gasteiger partial charge < -0.3 is 0 Å². The van der Waals surface area contributed by atoms with E-state index in [0.717, 1.165) is 44.5 Å². The van der Waals surface area contributed by atoms with E-state index in [2.05, 4.69) is 37.3 Å². The lowest BCUT2D eigenvalue weighted by molar-refractivity contribution is 0.618. The molecule has 0 spiro atoms. The monoisotopic (exact) mass is 428 g/mol. The minimum absolute atomic E-state index is 0.0675. The number of fused-ring (bicyclic) bond motifs is 2. The van der Waals surface area contributed by atoms with E-state index < -0.39 is 0 Å². The summed E-state index contributed by atoms with van der Waals surface area (Å²) in [5.74, 6) is 0.445. The SMILES string of the molecule is CCCc1nc2scc(-c3ccc4ccccc4c3)c2c(=O)n1Cc1cccc(F)c1. The van der Waals surface area contributed by atoms with Gasteiger partial charge in [-0.25, -0.2) is 9.37 Å². The molecule has 154 valence electrons. The number of hydrogen-bond donors (Lipinski definition) is 0. The first kappa shape index (κ1) is 19.6. The molecule has 5 aromatic rings. The second-order valence-corrected chi connectivity index (χ2v) is 8.55. The second-order valence-electron chi connectivity index (χ2n) is 7.69. The Morgan fingerprint density at radius 3 is 2.65 bits per heavy atom. The van der Waals surface area contributed by atoms with Gasteiger partial charge in [-0.1, -0.05) is 55.5 Å². The number of halogens is 1. The molecule has 3 aromatic carbocycles. The van der Waals surface area contributed by atoms with Gasteiger partial charge in [0.1, 0.15) is 16.5 Å². The normalized spacial score (nSPS) is 11.4. The third kappa shape index (κ3) is 3.66. The van der Waals surface area contributed by atoms with Gasteiger partial charge in [-0.05, 0) is 46.5 Å². The molecule has 0 bridgehead atoms. The van der Waals surface area contributed by atoms with Gasteiger partial charge in [0.25, 0.3) is 5.56 Å². The van der Waals surface area contributed by atoms with Gasteiger partial charge in [-0.15, -0.1) is 11.3 Å². The fourth-order valence-corrected chi connectivity index (χ4v) is 4.99. The van der Waals surface area contributed by atoms with E-state index in [0.29, 0.717) is 18.4 Å². The number of nitrogens with zero attached hydrogens (tertiary/aromatic N) is 2. The average molecular weight is 429 g/mol. The van der Waals surface area contributed by atoms with E-state index >= 15 is 0 Å². The molecule has 0 saturated heterocycles. The quantitative estimate of drug-likeness (QED) is 0.324. The maximum atomic E-state index is 13.7. The molecule has 0 N–H and O–H groups in total. The van der Waals surface area contributed by atoms with Gasteiger partial charge in [0.15, 0.2) is 0 Å². The van der Waals surface area contributed by atoms with Crippen LogP contribution in [-0.2, 0) is 13.0 Å². The Bertz CT molecular complexity index is 1470. The second kappa shape index (κ2) is 8.08. The van der Waals surface area contributed by atoms with Crippen LogP contribution in [0.15, 0.2) is 76.9 Å². The van der Waals surface area contributed by atoms with Crippen molar-refractivity contribution >= 4 is 32.3 Å². The molecule has 5 rings (SSSR count). The zero-order chi connectivity index (χ0) is 21.4. The highest BCUT2D eigenvalue weighted by Gasteiger charge is 2.17. The van der Waals surface area contributed by atoms with Crippen LogP contribution in [0, 0.1) is 5.82 Å². The van der Waals surface area contributed by atoms with Crippen molar-refractivity contribution in [3.63, 3.8) is 0 Å². The molecule has 2 aromatic heterocycles. The summed E-state index contributed by atoms with van der Waals surface area (Å²) in [6.45, 7) is 2.37. The maximum absolute atomic E-state index is 13.7. The summed E-state index contributed by atoms with van der Waals surface area (Å²) in [5, 5.41) is 4.95. The van der Waals surface area contributed by atoms with Gasteiger partial charge in [0, 0.05) is 17.4 Å². The van der Waals surface area contributed by atoms with Gasteiger partial charge in [-0.2, -0.15) is 0 Å². The van der Waals surface area contributed by atoms with Crippen molar-refractivity contribution in [3.8, 4) is 11.1 Å². The molecule has 0 fully saturated rings. The Morgan fingerprint density at radius 1 is 1.00 bits per heavy atom. The van der Waals surface area contributed by atoms with Crippen LogP contribution in [0.1, 0.15) is 24.7 Å². The van der Waals surface area contributed by atoms with Crippen LogP contribution in [0.5, 0.6) is 0 Å². The molecule has 0 aliphatic carbocycles. The molecule has 3 nitrogen and oxygen atoms in total. The smallest absolute Gasteiger partial charge is 0.263 e. The van der Waals surface area contributed by atoms with Gasteiger partial charge in [0.2, 0.25) is 0 Å². The highest BCUT2D eigenvalue weighted by Crippen LogP contribution is 2.33. The predicted octanol–water partition coefficient (Wildman–Crippen LogP) is 6.42. The molecular formula is C26H21FN2OS. The molecule has 0 unspecified atom stereocenters. The molecule has 0 aliphatic heterocycles. The zero-order valence-corrected chi connectivity index (χ0v) is 18.0. The topological polar surface area (TPSA) is 34.9 Å². The number of aromatic nitrogens is 2.